The summed E-state index contributed by atoms with van der Waals surface area (Å²) in [5, 5.41) is 9.71. The van der Waals surface area contributed by atoms with Gasteiger partial charge in [-0.2, -0.15) is 5.26 Å². The Kier molecular flexibility index (Phi) is 7.77. The van der Waals surface area contributed by atoms with Crippen LogP contribution in [0.25, 0.3) is 0 Å². The zero-order valence-electron chi connectivity index (χ0n) is 21.7. The van der Waals surface area contributed by atoms with E-state index < -0.39 is 6.09 Å². The van der Waals surface area contributed by atoms with Crippen LogP contribution in [0.2, 0.25) is 5.28 Å². The number of ether oxygens (including phenoxy) is 1. The van der Waals surface area contributed by atoms with Gasteiger partial charge in [0.1, 0.15) is 12.4 Å². The van der Waals surface area contributed by atoms with Crippen LogP contribution < -0.4 is 4.90 Å². The summed E-state index contributed by atoms with van der Waals surface area (Å²) in [5.74, 6) is 0.795. The number of aryl methyl sites for hydroxylation is 1. The molecular weight excluding hydrogens is 500 g/mol. The first-order chi connectivity index (χ1) is 18.4. The van der Waals surface area contributed by atoms with Crippen molar-refractivity contribution in [3.05, 3.63) is 87.3 Å². The minimum atomic E-state index is -0.403. The summed E-state index contributed by atoms with van der Waals surface area (Å²) >= 11 is 6.37. The van der Waals surface area contributed by atoms with Crippen LogP contribution in [0.3, 0.4) is 0 Å². The minimum absolute atomic E-state index is 0.199. The molecule has 3 aromatic rings. The molecule has 2 aromatic carbocycles. The number of benzene rings is 2. The van der Waals surface area contributed by atoms with Crippen molar-refractivity contribution in [2.24, 2.45) is 0 Å². The number of aromatic nitrogens is 2. The van der Waals surface area contributed by atoms with E-state index in [0.29, 0.717) is 26.2 Å². The Morgan fingerprint density at radius 2 is 1.92 bits per heavy atom. The van der Waals surface area contributed by atoms with E-state index in [4.69, 9.17) is 16.3 Å². The molecule has 0 bridgehead atoms. The van der Waals surface area contributed by atoms with Crippen LogP contribution in [0.4, 0.5) is 10.6 Å². The summed E-state index contributed by atoms with van der Waals surface area (Å²) in [6.07, 6.45) is -0.198. The fourth-order valence-corrected chi connectivity index (χ4v) is 5.42. The first-order valence-electron chi connectivity index (χ1n) is 12.8. The van der Waals surface area contributed by atoms with Gasteiger partial charge in [0.25, 0.3) is 0 Å². The largest absolute Gasteiger partial charge is 0.445 e. The molecule has 1 saturated heterocycles. The number of carbonyl (C=O) groups excluding carboxylic acids is 1. The van der Waals surface area contributed by atoms with Gasteiger partial charge in [-0.1, -0.05) is 48.5 Å². The second kappa shape index (κ2) is 11.4. The van der Waals surface area contributed by atoms with Crippen molar-refractivity contribution < 1.29 is 9.53 Å². The molecule has 0 saturated carbocycles. The first-order valence-corrected chi connectivity index (χ1v) is 13.2. The van der Waals surface area contributed by atoms with E-state index in [1.165, 1.54) is 16.7 Å². The van der Waals surface area contributed by atoms with Crippen LogP contribution in [-0.2, 0) is 31.0 Å². The average Bonchev–Trinajstić information content (AvgIpc) is 3.32. The Morgan fingerprint density at radius 3 is 2.71 bits per heavy atom. The van der Waals surface area contributed by atoms with Crippen molar-refractivity contribution in [3.8, 4) is 6.07 Å². The lowest BCUT2D eigenvalue weighted by atomic mass is 10.0. The Hall–Kier alpha value is -3.67. The lowest BCUT2D eigenvalue weighted by Gasteiger charge is -2.40. The summed E-state index contributed by atoms with van der Waals surface area (Å²) in [4.78, 5) is 28.2. The highest BCUT2D eigenvalue weighted by atomic mass is 35.5. The molecule has 9 heteroatoms. The molecule has 1 amide bonds. The maximum Gasteiger partial charge on any atom is 0.410 e. The first kappa shape index (κ1) is 26.0. The number of hydrogen-bond donors (Lipinski definition) is 0. The Balaban J connectivity index is 1.30. The molecule has 0 spiro atoms. The number of nitriles is 1. The normalized spacial score (nSPS) is 17.3. The van der Waals surface area contributed by atoms with Crippen molar-refractivity contribution in [3.63, 3.8) is 0 Å². The number of halogens is 1. The van der Waals surface area contributed by atoms with Gasteiger partial charge in [-0.05, 0) is 47.7 Å². The minimum Gasteiger partial charge on any atom is -0.445 e. The third-order valence-corrected chi connectivity index (χ3v) is 7.63. The van der Waals surface area contributed by atoms with E-state index in [2.05, 4.69) is 57.9 Å². The fourth-order valence-electron chi connectivity index (χ4n) is 5.24. The maximum atomic E-state index is 12.9. The van der Waals surface area contributed by atoms with E-state index >= 15 is 0 Å². The van der Waals surface area contributed by atoms with E-state index in [9.17, 15) is 10.1 Å². The number of hydrogen-bond acceptors (Lipinski definition) is 7. The molecule has 2 aliphatic heterocycles. The summed E-state index contributed by atoms with van der Waals surface area (Å²) < 4.78 is 5.57. The highest BCUT2D eigenvalue weighted by Crippen LogP contribution is 2.33. The SMILES string of the molecule is Cc1cccc(CN2Cc3nc(Cl)nc(N4CCN(C(=O)OCc5ccccc5)[C@@H](CC#N)C4)c3C2)c1C. The van der Waals surface area contributed by atoms with Crippen LogP contribution in [0.15, 0.2) is 48.5 Å². The Bertz CT molecular complexity index is 1360. The number of nitrogens with zero attached hydrogens (tertiary/aromatic N) is 6. The molecule has 2 aliphatic rings. The van der Waals surface area contributed by atoms with Gasteiger partial charge in [0, 0.05) is 44.8 Å². The quantitative estimate of drug-likeness (QED) is 0.414. The number of rotatable bonds is 6. The zero-order chi connectivity index (χ0) is 26.6. The molecule has 0 aliphatic carbocycles. The van der Waals surface area contributed by atoms with Gasteiger partial charge in [-0.25, -0.2) is 14.8 Å². The number of carbonyl (C=O) groups is 1. The second-order valence-electron chi connectivity index (χ2n) is 9.94. The molecule has 8 nitrogen and oxygen atoms in total. The van der Waals surface area contributed by atoms with Crippen molar-refractivity contribution in [1.82, 2.24) is 19.8 Å². The third kappa shape index (κ3) is 5.59. The summed E-state index contributed by atoms with van der Waals surface area (Å²) in [6, 6.07) is 17.9. The predicted molar refractivity (Wildman–Crippen MR) is 145 cm³/mol. The van der Waals surface area contributed by atoms with Gasteiger partial charge in [0.2, 0.25) is 5.28 Å². The molecule has 5 rings (SSSR count). The number of fused-ring (bicyclic) bond motifs is 1. The second-order valence-corrected chi connectivity index (χ2v) is 10.3. The lowest BCUT2D eigenvalue weighted by molar-refractivity contribution is 0.0768. The van der Waals surface area contributed by atoms with Gasteiger partial charge in [0.15, 0.2) is 0 Å². The molecule has 38 heavy (non-hydrogen) atoms. The van der Waals surface area contributed by atoms with Crippen molar-refractivity contribution in [2.75, 3.05) is 24.5 Å². The van der Waals surface area contributed by atoms with Gasteiger partial charge in [-0.3, -0.25) is 4.90 Å². The smallest absolute Gasteiger partial charge is 0.410 e. The van der Waals surface area contributed by atoms with Crippen LogP contribution in [0, 0.1) is 25.2 Å². The molecule has 1 fully saturated rings. The van der Waals surface area contributed by atoms with Crippen molar-refractivity contribution in [2.45, 2.75) is 52.6 Å². The van der Waals surface area contributed by atoms with Gasteiger partial charge < -0.3 is 14.5 Å². The number of piperazine rings is 1. The molecular formula is C29H31ClN6O2. The third-order valence-electron chi connectivity index (χ3n) is 7.46. The highest BCUT2D eigenvalue weighted by molar-refractivity contribution is 6.28. The van der Waals surface area contributed by atoms with Gasteiger partial charge in [0.05, 0.1) is 24.2 Å². The van der Waals surface area contributed by atoms with Crippen LogP contribution >= 0.6 is 11.6 Å². The fraction of sp³-hybridized carbons (Fsp3) is 0.379. The lowest BCUT2D eigenvalue weighted by Crippen LogP contribution is -2.55. The Morgan fingerprint density at radius 1 is 1.11 bits per heavy atom. The van der Waals surface area contributed by atoms with Crippen molar-refractivity contribution in [1.29, 1.82) is 5.26 Å². The maximum absolute atomic E-state index is 12.9. The van der Waals surface area contributed by atoms with Crippen LogP contribution in [0.1, 0.15) is 39.9 Å². The molecule has 1 aromatic heterocycles. The predicted octanol–water partition coefficient (Wildman–Crippen LogP) is 5.00. The van der Waals surface area contributed by atoms with Crippen LogP contribution in [0.5, 0.6) is 0 Å². The van der Waals surface area contributed by atoms with E-state index in [0.717, 1.165) is 35.7 Å². The topological polar surface area (TPSA) is 85.6 Å². The summed E-state index contributed by atoms with van der Waals surface area (Å²) in [7, 11) is 0. The summed E-state index contributed by atoms with van der Waals surface area (Å²) in [5.41, 5.74) is 6.82. The van der Waals surface area contributed by atoms with Crippen molar-refractivity contribution >= 4 is 23.5 Å². The van der Waals surface area contributed by atoms with E-state index in [-0.39, 0.29) is 24.4 Å². The van der Waals surface area contributed by atoms with Crippen LogP contribution in [-0.4, -0.2) is 51.5 Å². The molecule has 1 atom stereocenters. The van der Waals surface area contributed by atoms with Gasteiger partial charge >= 0.3 is 6.09 Å². The highest BCUT2D eigenvalue weighted by Gasteiger charge is 2.35. The van der Waals surface area contributed by atoms with Gasteiger partial charge in [-0.15, -0.1) is 0 Å². The average molecular weight is 531 g/mol. The number of anilines is 1. The molecule has 0 radical (unpaired) electrons. The Labute approximate surface area is 228 Å². The monoisotopic (exact) mass is 530 g/mol. The molecule has 0 N–H and O–H groups in total. The number of amides is 1. The molecule has 3 heterocycles. The standard InChI is InChI=1S/C29H31ClN6O2/c1-20-7-6-10-23(21(20)2)15-34-17-25-26(18-34)32-28(30)33-27(25)35-13-14-36(24(16-35)11-12-31)29(37)38-19-22-8-4-3-5-9-22/h3-10,24H,11,13-19H2,1-2H3/t24-/m0/s1. The summed E-state index contributed by atoms with van der Waals surface area (Å²) in [6.45, 7) is 8.21. The van der Waals surface area contributed by atoms with E-state index in [1.54, 1.807) is 4.90 Å². The molecule has 196 valence electrons. The molecule has 0 unspecified atom stereocenters. The zero-order valence-corrected chi connectivity index (χ0v) is 22.5. The van der Waals surface area contributed by atoms with E-state index in [1.807, 2.05) is 30.3 Å².